The Morgan fingerprint density at radius 3 is 2.52 bits per heavy atom. The number of amides is 1. The molecule has 3 rings (SSSR count). The summed E-state index contributed by atoms with van der Waals surface area (Å²) in [5.41, 5.74) is 2.49. The topological polar surface area (TPSA) is 82.3 Å². The second-order valence-corrected chi connectivity index (χ2v) is 7.50. The molecule has 0 radical (unpaired) electrons. The van der Waals surface area contributed by atoms with Crippen LogP contribution in [0, 0.1) is 6.92 Å². The molecule has 138 valence electrons. The zero-order valence-electron chi connectivity index (χ0n) is 14.4. The summed E-state index contributed by atoms with van der Waals surface area (Å²) in [5, 5.41) is 17.5. The number of rotatable bonds is 5. The molecule has 0 aliphatic carbocycles. The van der Waals surface area contributed by atoms with E-state index in [0.717, 1.165) is 22.9 Å². The lowest BCUT2D eigenvalue weighted by atomic mass is 10.2. The van der Waals surface area contributed by atoms with Crippen molar-refractivity contribution in [1.82, 2.24) is 0 Å². The molecule has 0 bridgehead atoms. The average molecular weight is 402 g/mol. The maximum atomic E-state index is 12.7. The van der Waals surface area contributed by atoms with Crippen LogP contribution in [-0.4, -0.2) is 33.6 Å². The van der Waals surface area contributed by atoms with Gasteiger partial charge in [-0.05, 0) is 36.8 Å². The smallest absolute Gasteiger partial charge is 0.305 e. The normalized spacial score (nSPS) is 18.6. The van der Waals surface area contributed by atoms with Crippen molar-refractivity contribution in [2.24, 2.45) is 10.2 Å². The van der Waals surface area contributed by atoms with Crippen molar-refractivity contribution in [2.75, 3.05) is 4.90 Å². The van der Waals surface area contributed by atoms with Crippen LogP contribution in [0.2, 0.25) is 5.02 Å². The minimum absolute atomic E-state index is 0.272. The molecule has 1 atom stereocenters. The molecule has 1 saturated heterocycles. The predicted octanol–water partition coefficient (Wildman–Crippen LogP) is 3.96. The first-order valence-corrected chi connectivity index (χ1v) is 9.35. The van der Waals surface area contributed by atoms with Gasteiger partial charge in [-0.2, -0.15) is 5.10 Å². The number of carbonyl (C=O) groups is 2. The van der Waals surface area contributed by atoms with Crippen molar-refractivity contribution < 1.29 is 14.7 Å². The van der Waals surface area contributed by atoms with Gasteiger partial charge in [0.1, 0.15) is 5.25 Å². The molecule has 6 nitrogen and oxygen atoms in total. The Labute approximate surface area is 165 Å². The van der Waals surface area contributed by atoms with Crippen LogP contribution in [0.5, 0.6) is 0 Å². The first-order valence-electron chi connectivity index (χ1n) is 8.10. The van der Waals surface area contributed by atoms with E-state index in [0.29, 0.717) is 15.9 Å². The molecule has 1 fully saturated rings. The second-order valence-electron chi connectivity index (χ2n) is 5.89. The van der Waals surface area contributed by atoms with Crippen LogP contribution in [0.25, 0.3) is 0 Å². The number of nitrogens with zero attached hydrogens (tertiary/aromatic N) is 3. The fraction of sp³-hybridized carbons (Fsp3) is 0.158. The Bertz CT molecular complexity index is 911. The number of amidine groups is 1. The maximum Gasteiger partial charge on any atom is 0.305 e. The van der Waals surface area contributed by atoms with Crippen molar-refractivity contribution in [3.05, 3.63) is 64.7 Å². The van der Waals surface area contributed by atoms with E-state index in [2.05, 4.69) is 10.2 Å². The van der Waals surface area contributed by atoms with Crippen molar-refractivity contribution in [2.45, 2.75) is 18.6 Å². The molecular formula is C19H16ClN3O3S. The Morgan fingerprint density at radius 1 is 1.22 bits per heavy atom. The van der Waals surface area contributed by atoms with E-state index in [4.69, 9.17) is 16.7 Å². The largest absolute Gasteiger partial charge is 0.481 e. The van der Waals surface area contributed by atoms with Crippen LogP contribution in [0.4, 0.5) is 5.69 Å². The fourth-order valence-corrected chi connectivity index (χ4v) is 3.66. The zero-order valence-corrected chi connectivity index (χ0v) is 15.9. The first-order chi connectivity index (χ1) is 12.9. The number of carbonyl (C=O) groups excluding carboxylic acids is 1. The second kappa shape index (κ2) is 8.37. The monoisotopic (exact) mass is 401 g/mol. The van der Waals surface area contributed by atoms with Gasteiger partial charge in [0.25, 0.3) is 0 Å². The molecule has 1 aliphatic rings. The van der Waals surface area contributed by atoms with Crippen LogP contribution in [0.15, 0.2) is 58.7 Å². The average Bonchev–Trinajstić information content (AvgIpc) is 2.92. The summed E-state index contributed by atoms with van der Waals surface area (Å²) >= 11 is 6.96. The van der Waals surface area contributed by atoms with Gasteiger partial charge in [0.15, 0.2) is 5.17 Å². The highest BCUT2D eigenvalue weighted by Crippen LogP contribution is 2.33. The van der Waals surface area contributed by atoms with Gasteiger partial charge in [0.2, 0.25) is 5.91 Å². The predicted molar refractivity (Wildman–Crippen MR) is 109 cm³/mol. The Balaban J connectivity index is 1.88. The molecule has 1 N–H and O–H groups in total. The van der Waals surface area contributed by atoms with Gasteiger partial charge in [0.05, 0.1) is 18.3 Å². The SMILES string of the molecule is Cc1ccc(N2C(=O)[C@H](CC(=O)O)S/C2=N/N=C\c2ccc(Cl)cc2)cc1. The number of aliphatic carboxylic acids is 1. The van der Waals surface area contributed by atoms with E-state index in [1.807, 2.05) is 19.1 Å². The van der Waals surface area contributed by atoms with E-state index < -0.39 is 11.2 Å². The van der Waals surface area contributed by atoms with E-state index >= 15 is 0 Å². The highest BCUT2D eigenvalue weighted by atomic mass is 35.5. The van der Waals surface area contributed by atoms with E-state index in [-0.39, 0.29) is 12.3 Å². The van der Waals surface area contributed by atoms with Crippen molar-refractivity contribution in [3.8, 4) is 0 Å². The number of benzene rings is 2. The molecule has 1 amide bonds. The number of hydrogen-bond donors (Lipinski definition) is 1. The van der Waals surface area contributed by atoms with Crippen LogP contribution < -0.4 is 4.90 Å². The Morgan fingerprint density at radius 2 is 1.89 bits per heavy atom. The minimum Gasteiger partial charge on any atom is -0.481 e. The standard InChI is InChI=1S/C19H16ClN3O3S/c1-12-2-8-15(9-3-12)23-18(26)16(10-17(24)25)27-19(23)22-21-11-13-4-6-14(20)7-5-13/h2-9,11,16H,10H2,1H3,(H,24,25)/b21-11-,22-19+/t16-/m0/s1. The van der Waals surface area contributed by atoms with Gasteiger partial charge < -0.3 is 5.11 Å². The number of aryl methyl sites for hydroxylation is 1. The number of halogens is 1. The third kappa shape index (κ3) is 4.75. The van der Waals surface area contributed by atoms with Crippen molar-refractivity contribution in [3.63, 3.8) is 0 Å². The lowest BCUT2D eigenvalue weighted by Crippen LogP contribution is -2.32. The van der Waals surface area contributed by atoms with Crippen molar-refractivity contribution in [1.29, 1.82) is 0 Å². The summed E-state index contributed by atoms with van der Waals surface area (Å²) in [6.07, 6.45) is 1.28. The van der Waals surface area contributed by atoms with Gasteiger partial charge >= 0.3 is 5.97 Å². The van der Waals surface area contributed by atoms with Gasteiger partial charge in [-0.15, -0.1) is 5.10 Å². The highest BCUT2D eigenvalue weighted by molar-refractivity contribution is 8.16. The van der Waals surface area contributed by atoms with E-state index in [9.17, 15) is 9.59 Å². The van der Waals surface area contributed by atoms with Crippen LogP contribution in [-0.2, 0) is 9.59 Å². The molecule has 0 saturated carbocycles. The van der Waals surface area contributed by atoms with E-state index in [1.165, 1.54) is 4.90 Å². The minimum atomic E-state index is -1.03. The van der Waals surface area contributed by atoms with Crippen LogP contribution >= 0.6 is 23.4 Å². The third-order valence-electron chi connectivity index (χ3n) is 3.81. The third-order valence-corrected chi connectivity index (χ3v) is 5.19. The van der Waals surface area contributed by atoms with Gasteiger partial charge in [0, 0.05) is 5.02 Å². The Kier molecular flexibility index (Phi) is 5.93. The maximum absolute atomic E-state index is 12.7. The van der Waals surface area contributed by atoms with Crippen LogP contribution in [0.3, 0.4) is 0 Å². The highest BCUT2D eigenvalue weighted by Gasteiger charge is 2.40. The van der Waals surface area contributed by atoms with Crippen molar-refractivity contribution >= 4 is 52.3 Å². The summed E-state index contributed by atoms with van der Waals surface area (Å²) in [5.74, 6) is -1.35. The quantitative estimate of drug-likeness (QED) is 0.607. The van der Waals surface area contributed by atoms with Gasteiger partial charge in [-0.1, -0.05) is 53.2 Å². The first kappa shape index (κ1) is 19.1. The molecule has 1 aliphatic heterocycles. The fourth-order valence-electron chi connectivity index (χ4n) is 2.45. The molecule has 0 unspecified atom stereocenters. The number of thioether (sulfide) groups is 1. The lowest BCUT2D eigenvalue weighted by Gasteiger charge is -2.15. The summed E-state index contributed by atoms with van der Waals surface area (Å²) in [4.78, 5) is 25.2. The number of carboxylic acid groups (broad SMARTS) is 1. The molecule has 0 spiro atoms. The molecule has 8 heteroatoms. The number of carboxylic acids is 1. The number of anilines is 1. The van der Waals surface area contributed by atoms with Gasteiger partial charge in [-0.3, -0.25) is 14.5 Å². The summed E-state index contributed by atoms with van der Waals surface area (Å²) < 4.78 is 0. The summed E-state index contributed by atoms with van der Waals surface area (Å²) in [6.45, 7) is 1.95. The Hall–Kier alpha value is -2.64. The molecule has 1 heterocycles. The molecular weight excluding hydrogens is 386 g/mol. The number of hydrogen-bond acceptors (Lipinski definition) is 5. The van der Waals surface area contributed by atoms with Crippen LogP contribution in [0.1, 0.15) is 17.5 Å². The van der Waals surface area contributed by atoms with Gasteiger partial charge in [-0.25, -0.2) is 0 Å². The lowest BCUT2D eigenvalue weighted by molar-refractivity contribution is -0.138. The molecule has 0 aromatic heterocycles. The molecule has 2 aromatic rings. The summed E-state index contributed by atoms with van der Waals surface area (Å²) in [6, 6.07) is 14.4. The molecule has 2 aromatic carbocycles. The zero-order chi connectivity index (χ0) is 19.4. The van der Waals surface area contributed by atoms with E-state index in [1.54, 1.807) is 42.6 Å². The molecule has 27 heavy (non-hydrogen) atoms. The summed E-state index contributed by atoms with van der Waals surface area (Å²) in [7, 11) is 0.